The Bertz CT molecular complexity index is 930. The van der Waals surface area contributed by atoms with Gasteiger partial charge in [0.15, 0.2) is 21.3 Å². The predicted molar refractivity (Wildman–Crippen MR) is 114 cm³/mol. The van der Waals surface area contributed by atoms with E-state index < -0.39 is 15.1 Å². The van der Waals surface area contributed by atoms with Crippen molar-refractivity contribution in [2.45, 2.75) is 43.3 Å². The Kier molecular flexibility index (Phi) is 6.71. The van der Waals surface area contributed by atoms with Crippen LogP contribution in [0.5, 0.6) is 11.5 Å². The molecule has 0 aromatic heterocycles. The number of phenols is 2. The maximum Gasteiger partial charge on any atom is 0.180 e. The second-order valence-electron chi connectivity index (χ2n) is 6.75. The molecule has 2 N–H and O–H groups in total. The lowest BCUT2D eigenvalue weighted by Gasteiger charge is -2.26. The minimum absolute atomic E-state index is 0. The quantitative estimate of drug-likeness (QED) is 0.611. The standard InChI is InChI=1S/C19H22ClNO4S.BrH/c1-12(2)26(24,25)14-8-6-13(7-9-14)21-10-4-3-5-15-16(21)11-17(22)19(23)18(15)20;/h6-9,11-12,22-23H,3-5,10H2,1-2H3;1H. The first-order valence-corrected chi connectivity index (χ1v) is 10.5. The van der Waals surface area contributed by atoms with Gasteiger partial charge in [-0.2, -0.15) is 0 Å². The van der Waals surface area contributed by atoms with Gasteiger partial charge in [-0.1, -0.05) is 11.6 Å². The highest BCUT2D eigenvalue weighted by atomic mass is 79.9. The Balaban J connectivity index is 0.00000261. The van der Waals surface area contributed by atoms with E-state index in [0.717, 1.165) is 29.8 Å². The van der Waals surface area contributed by atoms with E-state index in [0.29, 0.717) is 13.0 Å². The fraction of sp³-hybridized carbons (Fsp3) is 0.368. The number of aromatic hydroxyl groups is 2. The van der Waals surface area contributed by atoms with E-state index in [2.05, 4.69) is 0 Å². The van der Waals surface area contributed by atoms with Crippen molar-refractivity contribution in [3.05, 3.63) is 40.9 Å². The number of phenolic OH excluding ortho intramolecular Hbond substituents is 2. The number of sulfone groups is 1. The van der Waals surface area contributed by atoms with Crippen LogP contribution in [-0.2, 0) is 16.3 Å². The summed E-state index contributed by atoms with van der Waals surface area (Å²) in [7, 11) is -3.32. The zero-order valence-corrected chi connectivity index (χ0v) is 18.4. The molecule has 0 aliphatic carbocycles. The number of anilines is 2. The van der Waals surface area contributed by atoms with Crippen LogP contribution in [0.4, 0.5) is 11.4 Å². The molecule has 0 atom stereocenters. The number of hydrogen-bond donors (Lipinski definition) is 2. The Hall–Kier alpha value is -1.44. The highest BCUT2D eigenvalue weighted by molar-refractivity contribution is 8.93. The van der Waals surface area contributed by atoms with Crippen molar-refractivity contribution in [1.29, 1.82) is 0 Å². The summed E-state index contributed by atoms with van der Waals surface area (Å²) in [5, 5.41) is 19.6. The first kappa shape index (κ1) is 21.9. The third-order valence-corrected chi connectivity index (χ3v) is 7.32. The van der Waals surface area contributed by atoms with Crippen LogP contribution in [0.1, 0.15) is 32.3 Å². The first-order chi connectivity index (χ1) is 12.2. The van der Waals surface area contributed by atoms with E-state index in [9.17, 15) is 18.6 Å². The van der Waals surface area contributed by atoms with Crippen LogP contribution in [0, 0.1) is 0 Å². The zero-order chi connectivity index (χ0) is 19.1. The molecule has 0 radical (unpaired) electrons. The van der Waals surface area contributed by atoms with Crippen LogP contribution >= 0.6 is 28.6 Å². The molecule has 0 amide bonds. The van der Waals surface area contributed by atoms with Gasteiger partial charge < -0.3 is 15.1 Å². The molecule has 5 nitrogen and oxygen atoms in total. The third kappa shape index (κ3) is 4.05. The highest BCUT2D eigenvalue weighted by Crippen LogP contribution is 2.45. The molecule has 0 unspecified atom stereocenters. The molecule has 27 heavy (non-hydrogen) atoms. The maximum absolute atomic E-state index is 12.3. The molecule has 1 aliphatic heterocycles. The van der Waals surface area contributed by atoms with Gasteiger partial charge in [-0.05, 0) is 62.9 Å². The summed E-state index contributed by atoms with van der Waals surface area (Å²) in [5.74, 6) is -0.565. The van der Waals surface area contributed by atoms with Gasteiger partial charge in [-0.15, -0.1) is 17.0 Å². The van der Waals surface area contributed by atoms with Crippen LogP contribution in [-0.4, -0.2) is 30.4 Å². The molecule has 148 valence electrons. The number of fused-ring (bicyclic) bond motifs is 1. The molecule has 0 spiro atoms. The average Bonchev–Trinajstić information content (AvgIpc) is 2.82. The van der Waals surface area contributed by atoms with Crippen molar-refractivity contribution in [2.75, 3.05) is 11.4 Å². The monoisotopic (exact) mass is 475 g/mol. The van der Waals surface area contributed by atoms with Crippen molar-refractivity contribution in [3.8, 4) is 11.5 Å². The largest absolute Gasteiger partial charge is 0.504 e. The fourth-order valence-corrected chi connectivity index (χ4v) is 4.53. The Labute approximate surface area is 175 Å². The average molecular weight is 477 g/mol. The lowest BCUT2D eigenvalue weighted by Crippen LogP contribution is -2.18. The van der Waals surface area contributed by atoms with E-state index in [1.807, 2.05) is 4.90 Å². The molecular weight excluding hydrogens is 454 g/mol. The van der Waals surface area contributed by atoms with Crippen molar-refractivity contribution in [1.82, 2.24) is 0 Å². The minimum Gasteiger partial charge on any atom is -0.504 e. The molecule has 0 fully saturated rings. The van der Waals surface area contributed by atoms with Gasteiger partial charge in [0.1, 0.15) is 0 Å². The van der Waals surface area contributed by atoms with E-state index in [-0.39, 0.29) is 38.4 Å². The first-order valence-electron chi connectivity index (χ1n) is 8.58. The van der Waals surface area contributed by atoms with Gasteiger partial charge in [0.05, 0.1) is 15.2 Å². The van der Waals surface area contributed by atoms with Crippen molar-refractivity contribution >= 4 is 49.8 Å². The van der Waals surface area contributed by atoms with E-state index in [1.54, 1.807) is 38.1 Å². The number of rotatable bonds is 3. The van der Waals surface area contributed by atoms with Crippen LogP contribution in [0.25, 0.3) is 0 Å². The summed E-state index contributed by atoms with van der Waals surface area (Å²) in [6.45, 7) is 4.03. The lowest BCUT2D eigenvalue weighted by atomic mass is 10.1. The van der Waals surface area contributed by atoms with Crippen LogP contribution < -0.4 is 4.90 Å². The second-order valence-corrected chi connectivity index (χ2v) is 9.63. The van der Waals surface area contributed by atoms with E-state index >= 15 is 0 Å². The van der Waals surface area contributed by atoms with Gasteiger partial charge in [0.2, 0.25) is 0 Å². The molecule has 2 aromatic rings. The number of benzene rings is 2. The summed E-state index contributed by atoms with van der Waals surface area (Å²) < 4.78 is 24.6. The van der Waals surface area contributed by atoms with Gasteiger partial charge in [0, 0.05) is 24.0 Å². The topological polar surface area (TPSA) is 77.8 Å². The Morgan fingerprint density at radius 1 is 1.11 bits per heavy atom. The molecular formula is C19H23BrClNO4S. The van der Waals surface area contributed by atoms with Gasteiger partial charge in [-0.25, -0.2) is 8.42 Å². The minimum atomic E-state index is -3.32. The molecule has 0 saturated carbocycles. The smallest absolute Gasteiger partial charge is 0.180 e. The van der Waals surface area contributed by atoms with Crippen LogP contribution in [0.15, 0.2) is 35.2 Å². The SMILES string of the molecule is Br.CC(C)S(=O)(=O)c1ccc(N2CCCCc3c2cc(O)c(O)c3Cl)cc1. The molecule has 2 aromatic carbocycles. The van der Waals surface area contributed by atoms with E-state index in [1.165, 1.54) is 6.07 Å². The molecule has 1 heterocycles. The summed E-state index contributed by atoms with van der Waals surface area (Å²) in [5.41, 5.74) is 2.35. The van der Waals surface area contributed by atoms with Gasteiger partial charge >= 0.3 is 0 Å². The van der Waals surface area contributed by atoms with Gasteiger partial charge in [0.25, 0.3) is 0 Å². The molecule has 0 bridgehead atoms. The van der Waals surface area contributed by atoms with Crippen molar-refractivity contribution in [3.63, 3.8) is 0 Å². The summed E-state index contributed by atoms with van der Waals surface area (Å²) in [6, 6.07) is 8.26. The van der Waals surface area contributed by atoms with E-state index in [4.69, 9.17) is 11.6 Å². The number of hydrogen-bond acceptors (Lipinski definition) is 5. The molecule has 0 saturated heterocycles. The Morgan fingerprint density at radius 3 is 2.33 bits per heavy atom. The fourth-order valence-electron chi connectivity index (χ4n) is 3.18. The number of nitrogens with zero attached hydrogens (tertiary/aromatic N) is 1. The zero-order valence-electron chi connectivity index (χ0n) is 15.1. The van der Waals surface area contributed by atoms with Crippen LogP contribution in [0.2, 0.25) is 5.02 Å². The van der Waals surface area contributed by atoms with Crippen molar-refractivity contribution < 1.29 is 18.6 Å². The predicted octanol–water partition coefficient (Wildman–Crippen LogP) is 4.99. The highest BCUT2D eigenvalue weighted by Gasteiger charge is 2.24. The molecule has 1 aliphatic rings. The van der Waals surface area contributed by atoms with Crippen molar-refractivity contribution in [2.24, 2.45) is 0 Å². The summed E-state index contributed by atoms with van der Waals surface area (Å²) >= 11 is 6.25. The van der Waals surface area contributed by atoms with Crippen LogP contribution in [0.3, 0.4) is 0 Å². The summed E-state index contributed by atoms with van der Waals surface area (Å²) in [6.07, 6.45) is 2.53. The molecule has 3 rings (SSSR count). The summed E-state index contributed by atoms with van der Waals surface area (Å²) in [4.78, 5) is 2.29. The Morgan fingerprint density at radius 2 is 1.74 bits per heavy atom. The maximum atomic E-state index is 12.3. The normalized spacial score (nSPS) is 14.4. The third-order valence-electron chi connectivity index (χ3n) is 4.74. The second kappa shape index (κ2) is 8.29. The molecule has 8 heteroatoms. The number of halogens is 2. The van der Waals surface area contributed by atoms with Gasteiger partial charge in [-0.3, -0.25) is 0 Å². The lowest BCUT2D eigenvalue weighted by molar-refractivity contribution is 0.403.